The Balaban J connectivity index is 2.05. The molecule has 0 aromatic heterocycles. The van der Waals surface area contributed by atoms with E-state index >= 15 is 0 Å². The van der Waals surface area contributed by atoms with Crippen molar-refractivity contribution in [2.24, 2.45) is 0 Å². The van der Waals surface area contributed by atoms with Crippen molar-refractivity contribution in [2.45, 2.75) is 31.3 Å². The van der Waals surface area contributed by atoms with E-state index in [1.165, 1.54) is 22.3 Å². The predicted octanol–water partition coefficient (Wildman–Crippen LogP) is 3.75. The lowest BCUT2D eigenvalue weighted by Crippen LogP contribution is -2.37. The molecule has 0 saturated carbocycles. The highest BCUT2D eigenvalue weighted by molar-refractivity contribution is 5.54. The molecule has 104 valence electrons. The molecule has 0 radical (unpaired) electrons. The molecule has 0 N–H and O–H groups in total. The largest absolute Gasteiger partial charge is 0.286 e. The number of hydrogen-bond donors (Lipinski definition) is 0. The molecule has 2 unspecified atom stereocenters. The van der Waals surface area contributed by atoms with Crippen LogP contribution < -0.4 is 0 Å². The van der Waals surface area contributed by atoms with Gasteiger partial charge in [-0.05, 0) is 61.2 Å². The summed E-state index contributed by atoms with van der Waals surface area (Å²) >= 11 is 0. The Kier molecular flexibility index (Phi) is 2.52. The van der Waals surface area contributed by atoms with E-state index in [1.54, 1.807) is 0 Å². The monoisotopic (exact) mass is 274 g/mol. The van der Waals surface area contributed by atoms with Crippen LogP contribution in [0.5, 0.6) is 0 Å². The van der Waals surface area contributed by atoms with Gasteiger partial charge in [0.15, 0.2) is 0 Å². The highest BCUT2D eigenvalue weighted by Crippen LogP contribution is 2.53. The Morgan fingerprint density at radius 3 is 2.81 bits per heavy atom. The zero-order valence-electron chi connectivity index (χ0n) is 12.4. The minimum Gasteiger partial charge on any atom is -0.286 e. The maximum Gasteiger partial charge on any atom is 0.0991 e. The van der Waals surface area contributed by atoms with Crippen molar-refractivity contribution in [2.75, 3.05) is 7.05 Å². The average Bonchev–Trinajstić information content (AvgIpc) is 2.67. The Bertz CT molecular complexity index is 771. The van der Waals surface area contributed by atoms with Crippen LogP contribution in [-0.2, 0) is 12.0 Å². The van der Waals surface area contributed by atoms with Crippen molar-refractivity contribution in [1.29, 1.82) is 5.26 Å². The van der Waals surface area contributed by atoms with Gasteiger partial charge in [0.05, 0.1) is 17.2 Å². The average molecular weight is 274 g/mol. The van der Waals surface area contributed by atoms with Crippen molar-refractivity contribution >= 4 is 0 Å². The molecule has 0 fully saturated rings. The lowest BCUT2D eigenvalue weighted by Gasteiger charge is -2.36. The number of nitrogens with zero attached hydrogens (tertiary/aromatic N) is 2. The molecular formula is C19H18N2. The highest BCUT2D eigenvalue weighted by atomic mass is 15.2. The maximum absolute atomic E-state index is 9.26. The Labute approximate surface area is 125 Å². The lowest BCUT2D eigenvalue weighted by molar-refractivity contribution is 0.151. The van der Waals surface area contributed by atoms with Crippen LogP contribution in [0.15, 0.2) is 42.5 Å². The van der Waals surface area contributed by atoms with Gasteiger partial charge in [-0.25, -0.2) is 0 Å². The summed E-state index contributed by atoms with van der Waals surface area (Å²) in [4.78, 5) is 2.49. The number of rotatable bonds is 0. The van der Waals surface area contributed by atoms with Crippen LogP contribution in [0.3, 0.4) is 0 Å². The first-order valence-electron chi connectivity index (χ1n) is 7.52. The van der Waals surface area contributed by atoms with Crippen molar-refractivity contribution in [3.8, 4) is 6.07 Å². The van der Waals surface area contributed by atoms with Gasteiger partial charge < -0.3 is 0 Å². The van der Waals surface area contributed by atoms with Gasteiger partial charge in [0.1, 0.15) is 0 Å². The standard InChI is InChI=1S/C19H18N2/c1-19-16-6-4-3-5-15(16)18(21(19)2)10-9-14-8-7-13(12-20)11-17(14)19/h3-8,11,18H,9-10H2,1-2H3. The number of nitriles is 1. The first-order chi connectivity index (χ1) is 10.2. The zero-order chi connectivity index (χ0) is 14.6. The van der Waals surface area contributed by atoms with Crippen LogP contribution in [0.1, 0.15) is 47.2 Å². The maximum atomic E-state index is 9.26. The first-order valence-corrected chi connectivity index (χ1v) is 7.52. The second kappa shape index (κ2) is 4.19. The van der Waals surface area contributed by atoms with Crippen LogP contribution in [-0.4, -0.2) is 11.9 Å². The van der Waals surface area contributed by atoms with Crippen LogP contribution in [0.25, 0.3) is 0 Å². The van der Waals surface area contributed by atoms with Crippen LogP contribution in [0.2, 0.25) is 0 Å². The summed E-state index contributed by atoms with van der Waals surface area (Å²) in [5.74, 6) is 0. The van der Waals surface area contributed by atoms with E-state index in [4.69, 9.17) is 0 Å². The fraction of sp³-hybridized carbons (Fsp3) is 0.316. The highest BCUT2D eigenvalue weighted by Gasteiger charge is 2.48. The lowest BCUT2D eigenvalue weighted by atomic mass is 9.79. The summed E-state index contributed by atoms with van der Waals surface area (Å²) in [7, 11) is 2.22. The molecule has 2 bridgehead atoms. The summed E-state index contributed by atoms with van der Waals surface area (Å²) in [6.45, 7) is 2.30. The fourth-order valence-corrected chi connectivity index (χ4v) is 4.23. The molecule has 2 heteroatoms. The Hall–Kier alpha value is -2.11. The Morgan fingerprint density at radius 1 is 1.19 bits per heavy atom. The van der Waals surface area contributed by atoms with Gasteiger partial charge >= 0.3 is 0 Å². The molecule has 4 rings (SSSR count). The molecule has 2 aromatic carbocycles. The van der Waals surface area contributed by atoms with Gasteiger partial charge in [-0.3, -0.25) is 4.90 Å². The molecule has 0 spiro atoms. The first kappa shape index (κ1) is 12.6. The van der Waals surface area contributed by atoms with E-state index in [0.717, 1.165) is 18.4 Å². The molecule has 0 aliphatic carbocycles. The third-order valence-electron chi connectivity index (χ3n) is 5.47. The molecule has 2 aromatic rings. The van der Waals surface area contributed by atoms with Crippen molar-refractivity contribution < 1.29 is 0 Å². The van der Waals surface area contributed by atoms with Crippen LogP contribution in [0, 0.1) is 11.3 Å². The summed E-state index contributed by atoms with van der Waals surface area (Å²) in [6.07, 6.45) is 2.22. The Morgan fingerprint density at radius 2 is 2.00 bits per heavy atom. The topological polar surface area (TPSA) is 27.0 Å². The van der Waals surface area contributed by atoms with E-state index in [9.17, 15) is 5.26 Å². The molecule has 2 atom stereocenters. The van der Waals surface area contributed by atoms with Gasteiger partial charge in [-0.1, -0.05) is 30.3 Å². The quantitative estimate of drug-likeness (QED) is 0.731. The van der Waals surface area contributed by atoms with E-state index in [2.05, 4.69) is 61.3 Å². The summed E-state index contributed by atoms with van der Waals surface area (Å²) < 4.78 is 0. The molecular weight excluding hydrogens is 256 g/mol. The smallest absolute Gasteiger partial charge is 0.0991 e. The van der Waals surface area contributed by atoms with Gasteiger partial charge in [0, 0.05) is 6.04 Å². The van der Waals surface area contributed by atoms with Crippen LogP contribution in [0.4, 0.5) is 0 Å². The molecule has 2 nitrogen and oxygen atoms in total. The number of aryl methyl sites for hydroxylation is 1. The third-order valence-corrected chi connectivity index (χ3v) is 5.47. The molecule has 2 aliphatic rings. The third kappa shape index (κ3) is 1.50. The van der Waals surface area contributed by atoms with E-state index in [0.29, 0.717) is 6.04 Å². The molecule has 2 aliphatic heterocycles. The second-order valence-electron chi connectivity index (χ2n) is 6.31. The normalized spacial score (nSPS) is 26.6. The number of hydrogen-bond acceptors (Lipinski definition) is 2. The minimum atomic E-state index is -0.125. The van der Waals surface area contributed by atoms with Crippen molar-refractivity contribution in [1.82, 2.24) is 4.90 Å². The summed E-state index contributed by atoms with van der Waals surface area (Å²) in [5, 5.41) is 9.26. The van der Waals surface area contributed by atoms with Gasteiger partial charge in [0.25, 0.3) is 0 Å². The van der Waals surface area contributed by atoms with E-state index in [-0.39, 0.29) is 5.54 Å². The van der Waals surface area contributed by atoms with E-state index < -0.39 is 0 Å². The molecule has 21 heavy (non-hydrogen) atoms. The van der Waals surface area contributed by atoms with Crippen molar-refractivity contribution in [3.63, 3.8) is 0 Å². The summed E-state index contributed by atoms with van der Waals surface area (Å²) in [5.41, 5.74) is 6.17. The summed E-state index contributed by atoms with van der Waals surface area (Å²) in [6, 6.07) is 17.7. The van der Waals surface area contributed by atoms with Crippen molar-refractivity contribution in [3.05, 3.63) is 70.3 Å². The second-order valence-corrected chi connectivity index (χ2v) is 6.31. The number of fused-ring (bicyclic) bond motifs is 7. The van der Waals surface area contributed by atoms with Gasteiger partial charge in [-0.2, -0.15) is 5.26 Å². The molecule has 2 heterocycles. The van der Waals surface area contributed by atoms with Gasteiger partial charge in [-0.15, -0.1) is 0 Å². The fourth-order valence-electron chi connectivity index (χ4n) is 4.23. The van der Waals surface area contributed by atoms with E-state index in [1.807, 2.05) is 6.07 Å². The minimum absolute atomic E-state index is 0.125. The predicted molar refractivity (Wildman–Crippen MR) is 82.9 cm³/mol. The van der Waals surface area contributed by atoms with Gasteiger partial charge in [0.2, 0.25) is 0 Å². The molecule has 0 saturated heterocycles. The zero-order valence-corrected chi connectivity index (χ0v) is 12.4. The number of benzene rings is 2. The molecule has 0 amide bonds. The SMILES string of the molecule is CN1C2CCc3ccc(C#N)cc3C1(C)c1ccccc12. The van der Waals surface area contributed by atoms with Crippen LogP contribution >= 0.6 is 0 Å².